The molecule has 0 N–H and O–H groups in total. The van der Waals surface area contributed by atoms with Gasteiger partial charge in [-0.2, -0.15) is 0 Å². The standard InChI is InChI=1S/C24H25FN2O2/c1-15(28)27-13-20-12-26(14-22(20)23(27)18-7-4-8-21(25)11-18)24(29)19-9-16-5-2-3-6-17(16)10-19/h2-8,11,19-20,22-23H,9-10,12-14H2,1H3/t20-,22-,23+/m1/s1. The lowest BCUT2D eigenvalue weighted by Gasteiger charge is -2.30. The fourth-order valence-corrected chi connectivity index (χ4v) is 5.66. The van der Waals surface area contributed by atoms with Gasteiger partial charge in [0.05, 0.1) is 6.04 Å². The maximum Gasteiger partial charge on any atom is 0.226 e. The highest BCUT2D eigenvalue weighted by Gasteiger charge is 2.50. The molecule has 1 aliphatic carbocycles. The first-order valence-electron chi connectivity index (χ1n) is 10.4. The van der Waals surface area contributed by atoms with Gasteiger partial charge in [-0.15, -0.1) is 0 Å². The van der Waals surface area contributed by atoms with Gasteiger partial charge in [0, 0.05) is 44.3 Å². The van der Waals surface area contributed by atoms with Gasteiger partial charge in [0.1, 0.15) is 5.82 Å². The van der Waals surface area contributed by atoms with Crippen LogP contribution in [0.3, 0.4) is 0 Å². The number of nitrogens with zero attached hydrogens (tertiary/aromatic N) is 2. The minimum Gasteiger partial charge on any atom is -0.342 e. The monoisotopic (exact) mass is 392 g/mol. The van der Waals surface area contributed by atoms with Crippen molar-refractivity contribution in [2.24, 2.45) is 17.8 Å². The zero-order valence-corrected chi connectivity index (χ0v) is 16.6. The molecular formula is C24H25FN2O2. The number of amides is 2. The molecule has 0 bridgehead atoms. The number of rotatable bonds is 2. The highest BCUT2D eigenvalue weighted by Crippen LogP contribution is 2.45. The summed E-state index contributed by atoms with van der Waals surface area (Å²) in [5, 5.41) is 0. The van der Waals surface area contributed by atoms with Gasteiger partial charge in [0.25, 0.3) is 0 Å². The van der Waals surface area contributed by atoms with Gasteiger partial charge < -0.3 is 9.80 Å². The van der Waals surface area contributed by atoms with Gasteiger partial charge in [-0.1, -0.05) is 36.4 Å². The molecule has 0 unspecified atom stereocenters. The van der Waals surface area contributed by atoms with E-state index in [4.69, 9.17) is 0 Å². The normalized spacial score (nSPS) is 25.9. The Morgan fingerprint density at radius 1 is 0.966 bits per heavy atom. The fraction of sp³-hybridized carbons (Fsp3) is 0.417. The van der Waals surface area contributed by atoms with E-state index in [9.17, 15) is 14.0 Å². The molecule has 2 amide bonds. The van der Waals surface area contributed by atoms with Crippen molar-refractivity contribution in [2.45, 2.75) is 25.8 Å². The Kier molecular flexibility index (Phi) is 4.41. The van der Waals surface area contributed by atoms with Crippen LogP contribution in [-0.4, -0.2) is 41.2 Å². The Bertz CT molecular complexity index is 950. The maximum absolute atomic E-state index is 13.9. The summed E-state index contributed by atoms with van der Waals surface area (Å²) in [6.45, 7) is 3.54. The molecule has 2 saturated heterocycles. The quantitative estimate of drug-likeness (QED) is 0.787. The molecule has 5 heteroatoms. The molecule has 29 heavy (non-hydrogen) atoms. The van der Waals surface area contributed by atoms with Crippen LogP contribution in [0.25, 0.3) is 0 Å². The van der Waals surface area contributed by atoms with Crippen molar-refractivity contribution < 1.29 is 14.0 Å². The summed E-state index contributed by atoms with van der Waals surface area (Å²) in [5.41, 5.74) is 3.39. The Morgan fingerprint density at radius 3 is 2.34 bits per heavy atom. The minimum absolute atomic E-state index is 0.0118. The van der Waals surface area contributed by atoms with Gasteiger partial charge in [0.2, 0.25) is 11.8 Å². The van der Waals surface area contributed by atoms with E-state index in [1.54, 1.807) is 13.0 Å². The van der Waals surface area contributed by atoms with Crippen molar-refractivity contribution in [3.63, 3.8) is 0 Å². The zero-order valence-electron chi connectivity index (χ0n) is 16.6. The smallest absolute Gasteiger partial charge is 0.226 e. The molecule has 0 spiro atoms. The van der Waals surface area contributed by atoms with E-state index in [0.29, 0.717) is 19.6 Å². The SMILES string of the molecule is CC(=O)N1C[C@H]2CN(C(=O)C3Cc4ccccc4C3)C[C@H]2[C@@H]1c1cccc(F)c1. The number of fused-ring (bicyclic) bond motifs is 2. The van der Waals surface area contributed by atoms with Crippen molar-refractivity contribution >= 4 is 11.8 Å². The van der Waals surface area contributed by atoms with Crippen LogP contribution in [0.1, 0.15) is 29.7 Å². The van der Waals surface area contributed by atoms with Crippen LogP contribution in [0, 0.1) is 23.6 Å². The summed E-state index contributed by atoms with van der Waals surface area (Å²) in [6.07, 6.45) is 1.63. The molecule has 2 aliphatic heterocycles. The number of halogens is 1. The van der Waals surface area contributed by atoms with E-state index in [1.165, 1.54) is 23.3 Å². The van der Waals surface area contributed by atoms with Crippen LogP contribution in [0.15, 0.2) is 48.5 Å². The molecule has 4 nitrogen and oxygen atoms in total. The molecule has 150 valence electrons. The summed E-state index contributed by atoms with van der Waals surface area (Å²) in [7, 11) is 0. The Labute approximate surface area is 170 Å². The van der Waals surface area contributed by atoms with E-state index in [-0.39, 0.29) is 41.4 Å². The highest BCUT2D eigenvalue weighted by atomic mass is 19.1. The first-order valence-corrected chi connectivity index (χ1v) is 10.4. The van der Waals surface area contributed by atoms with Crippen LogP contribution >= 0.6 is 0 Å². The van der Waals surface area contributed by atoms with Crippen molar-refractivity contribution in [1.29, 1.82) is 0 Å². The lowest BCUT2D eigenvalue weighted by molar-refractivity contribution is -0.135. The Balaban J connectivity index is 1.35. The van der Waals surface area contributed by atoms with Crippen molar-refractivity contribution in [3.05, 3.63) is 71.0 Å². The third-order valence-corrected chi connectivity index (χ3v) is 6.97. The van der Waals surface area contributed by atoms with Gasteiger partial charge in [-0.05, 0) is 41.7 Å². The Morgan fingerprint density at radius 2 is 1.69 bits per heavy atom. The number of likely N-dealkylation sites (tertiary alicyclic amines) is 2. The number of carbonyl (C=O) groups excluding carboxylic acids is 2. The number of carbonyl (C=O) groups is 2. The lowest BCUT2D eigenvalue weighted by Crippen LogP contribution is -2.39. The second-order valence-corrected chi connectivity index (χ2v) is 8.71. The summed E-state index contributed by atoms with van der Waals surface area (Å²) < 4.78 is 13.9. The van der Waals surface area contributed by atoms with Crippen LogP contribution in [-0.2, 0) is 22.4 Å². The fourth-order valence-electron chi connectivity index (χ4n) is 5.66. The Hall–Kier alpha value is -2.69. The van der Waals surface area contributed by atoms with Crippen molar-refractivity contribution in [3.8, 4) is 0 Å². The maximum atomic E-state index is 13.9. The van der Waals surface area contributed by atoms with Crippen molar-refractivity contribution in [1.82, 2.24) is 9.80 Å². The number of hydrogen-bond acceptors (Lipinski definition) is 2. The predicted molar refractivity (Wildman–Crippen MR) is 107 cm³/mol. The molecule has 2 aromatic carbocycles. The van der Waals surface area contributed by atoms with Crippen molar-refractivity contribution in [2.75, 3.05) is 19.6 Å². The molecule has 5 rings (SSSR count). The van der Waals surface area contributed by atoms with E-state index in [2.05, 4.69) is 12.1 Å². The molecule has 0 radical (unpaired) electrons. The van der Waals surface area contributed by atoms with Gasteiger partial charge >= 0.3 is 0 Å². The van der Waals surface area contributed by atoms with Crippen LogP contribution in [0.2, 0.25) is 0 Å². The second-order valence-electron chi connectivity index (χ2n) is 8.71. The topological polar surface area (TPSA) is 40.6 Å². The molecule has 0 aromatic heterocycles. The van der Waals surface area contributed by atoms with Crippen LogP contribution in [0.5, 0.6) is 0 Å². The molecule has 3 atom stereocenters. The van der Waals surface area contributed by atoms with E-state index < -0.39 is 0 Å². The number of hydrogen-bond donors (Lipinski definition) is 0. The van der Waals surface area contributed by atoms with Gasteiger partial charge in [-0.3, -0.25) is 9.59 Å². The van der Waals surface area contributed by atoms with Crippen LogP contribution in [0.4, 0.5) is 4.39 Å². The average molecular weight is 392 g/mol. The predicted octanol–water partition coefficient (Wildman–Crippen LogP) is 3.22. The molecule has 0 saturated carbocycles. The summed E-state index contributed by atoms with van der Waals surface area (Å²) >= 11 is 0. The van der Waals surface area contributed by atoms with E-state index in [0.717, 1.165) is 18.4 Å². The third-order valence-electron chi connectivity index (χ3n) is 6.97. The first-order chi connectivity index (χ1) is 14.0. The molecular weight excluding hydrogens is 367 g/mol. The third kappa shape index (κ3) is 3.13. The largest absolute Gasteiger partial charge is 0.342 e. The highest BCUT2D eigenvalue weighted by molar-refractivity contribution is 5.81. The lowest BCUT2D eigenvalue weighted by atomic mass is 9.89. The second kappa shape index (κ2) is 6.97. The van der Waals surface area contributed by atoms with E-state index >= 15 is 0 Å². The average Bonchev–Trinajstić information content (AvgIpc) is 3.39. The van der Waals surface area contributed by atoms with E-state index in [1.807, 2.05) is 28.0 Å². The zero-order chi connectivity index (χ0) is 20.1. The molecule has 2 fully saturated rings. The van der Waals surface area contributed by atoms with Crippen LogP contribution < -0.4 is 0 Å². The minimum atomic E-state index is -0.288. The summed E-state index contributed by atoms with van der Waals surface area (Å²) in [4.78, 5) is 29.3. The number of benzene rings is 2. The first kappa shape index (κ1) is 18.3. The molecule has 3 aliphatic rings. The summed E-state index contributed by atoms with van der Waals surface area (Å²) in [6, 6.07) is 14.7. The van der Waals surface area contributed by atoms with Gasteiger partial charge in [0.15, 0.2) is 0 Å². The van der Waals surface area contributed by atoms with Gasteiger partial charge in [-0.25, -0.2) is 4.39 Å². The molecule has 2 aromatic rings. The molecule has 2 heterocycles. The summed E-state index contributed by atoms with van der Waals surface area (Å²) in [5.74, 6) is 0.376.